The zero-order valence-corrected chi connectivity index (χ0v) is 13.8. The second kappa shape index (κ2) is 7.43. The average Bonchev–Trinajstić information content (AvgIpc) is 2.93. The first-order valence-electron chi connectivity index (χ1n) is 7.04. The number of rotatable bonds is 7. The van der Waals surface area contributed by atoms with E-state index >= 15 is 0 Å². The summed E-state index contributed by atoms with van der Waals surface area (Å²) in [6.45, 7) is 5.03. The number of nitrogens with zero attached hydrogens (tertiary/aromatic N) is 1. The van der Waals surface area contributed by atoms with Gasteiger partial charge in [-0.3, -0.25) is 0 Å². The Morgan fingerprint density at radius 3 is 2.57 bits per heavy atom. The van der Waals surface area contributed by atoms with E-state index in [4.69, 9.17) is 9.47 Å². The highest BCUT2D eigenvalue weighted by atomic mass is 32.1. The number of thiazole rings is 1. The number of methoxy groups -OCH3 is 2. The molecule has 0 aliphatic heterocycles. The van der Waals surface area contributed by atoms with Crippen LogP contribution < -0.4 is 14.8 Å². The summed E-state index contributed by atoms with van der Waals surface area (Å²) >= 11 is 1.73. The number of aromatic nitrogens is 1. The average molecular weight is 306 g/mol. The van der Waals surface area contributed by atoms with Crippen molar-refractivity contribution >= 4 is 11.3 Å². The van der Waals surface area contributed by atoms with Gasteiger partial charge in [0.15, 0.2) is 11.5 Å². The van der Waals surface area contributed by atoms with Crippen molar-refractivity contribution in [1.29, 1.82) is 0 Å². The lowest BCUT2D eigenvalue weighted by Gasteiger charge is -2.18. The molecule has 0 spiro atoms. The van der Waals surface area contributed by atoms with Crippen LogP contribution in [0, 0.1) is 6.92 Å². The van der Waals surface area contributed by atoms with Crippen molar-refractivity contribution in [3.05, 3.63) is 39.8 Å². The molecule has 0 fully saturated rings. The molecule has 2 aromatic rings. The van der Waals surface area contributed by atoms with Crippen LogP contribution in [0.1, 0.15) is 34.8 Å². The predicted molar refractivity (Wildman–Crippen MR) is 86.3 cm³/mol. The molecule has 0 amide bonds. The van der Waals surface area contributed by atoms with E-state index in [1.54, 1.807) is 25.6 Å². The van der Waals surface area contributed by atoms with Gasteiger partial charge in [-0.15, -0.1) is 11.3 Å². The number of hydrogen-bond donors (Lipinski definition) is 1. The normalized spacial score (nSPS) is 12.2. The lowest BCUT2D eigenvalue weighted by Crippen LogP contribution is -2.19. The second-order valence-corrected chi connectivity index (χ2v) is 6.12. The van der Waals surface area contributed by atoms with Crippen molar-refractivity contribution in [3.8, 4) is 11.5 Å². The van der Waals surface area contributed by atoms with Gasteiger partial charge in [0, 0.05) is 23.7 Å². The molecule has 1 aromatic carbocycles. The lowest BCUT2D eigenvalue weighted by molar-refractivity contribution is 0.353. The van der Waals surface area contributed by atoms with Crippen LogP contribution in [0.4, 0.5) is 0 Å². The fraction of sp³-hybridized carbons (Fsp3) is 0.438. The van der Waals surface area contributed by atoms with Crippen LogP contribution in [-0.4, -0.2) is 19.2 Å². The summed E-state index contributed by atoms with van der Waals surface area (Å²) in [4.78, 5) is 5.54. The number of hydrogen-bond acceptors (Lipinski definition) is 5. The summed E-state index contributed by atoms with van der Waals surface area (Å²) in [6, 6.07) is 6.36. The van der Waals surface area contributed by atoms with Gasteiger partial charge < -0.3 is 14.8 Å². The predicted octanol–water partition coefficient (Wildman–Crippen LogP) is 3.71. The summed E-state index contributed by atoms with van der Waals surface area (Å²) < 4.78 is 10.7. The minimum absolute atomic E-state index is 0.284. The van der Waals surface area contributed by atoms with Crippen molar-refractivity contribution in [1.82, 2.24) is 10.3 Å². The Morgan fingerprint density at radius 2 is 2.00 bits per heavy atom. The number of benzene rings is 1. The van der Waals surface area contributed by atoms with Crippen LogP contribution in [0.3, 0.4) is 0 Å². The van der Waals surface area contributed by atoms with E-state index in [2.05, 4.69) is 23.3 Å². The van der Waals surface area contributed by atoms with Gasteiger partial charge in [0.25, 0.3) is 0 Å². The van der Waals surface area contributed by atoms with Gasteiger partial charge in [-0.1, -0.05) is 13.0 Å². The molecule has 1 unspecified atom stereocenters. The first-order valence-corrected chi connectivity index (χ1v) is 7.86. The Labute approximate surface area is 130 Å². The molecule has 21 heavy (non-hydrogen) atoms. The molecule has 1 heterocycles. The maximum atomic E-state index is 5.38. The molecule has 0 aliphatic rings. The Morgan fingerprint density at radius 1 is 1.24 bits per heavy atom. The first kappa shape index (κ1) is 15.8. The Kier molecular flexibility index (Phi) is 5.59. The summed E-state index contributed by atoms with van der Waals surface area (Å²) in [7, 11) is 3.31. The van der Waals surface area contributed by atoms with Gasteiger partial charge in [-0.25, -0.2) is 4.98 Å². The Hall–Kier alpha value is -1.59. The topological polar surface area (TPSA) is 43.4 Å². The lowest BCUT2D eigenvalue weighted by atomic mass is 10.0. The SMILES string of the molecule is CCC(NCc1cnc(C)s1)c1ccc(OC)c(OC)c1. The number of nitrogens with one attached hydrogen (secondary N) is 1. The van der Waals surface area contributed by atoms with Crippen molar-refractivity contribution in [2.24, 2.45) is 0 Å². The molecule has 2 rings (SSSR count). The molecule has 0 radical (unpaired) electrons. The molecule has 0 bridgehead atoms. The van der Waals surface area contributed by atoms with Crippen LogP contribution in [0.15, 0.2) is 24.4 Å². The van der Waals surface area contributed by atoms with Crippen LogP contribution in [-0.2, 0) is 6.54 Å². The van der Waals surface area contributed by atoms with Gasteiger partial charge in [0.1, 0.15) is 0 Å². The first-order chi connectivity index (χ1) is 10.2. The van der Waals surface area contributed by atoms with E-state index < -0.39 is 0 Å². The standard InChI is InChI=1S/C16H22N2O2S/c1-5-14(18-10-13-9-17-11(2)21-13)12-6-7-15(19-3)16(8-12)20-4/h6-9,14,18H,5,10H2,1-4H3. The molecule has 114 valence electrons. The van der Waals surface area contributed by atoms with Gasteiger partial charge in [0.2, 0.25) is 0 Å². The van der Waals surface area contributed by atoms with E-state index in [9.17, 15) is 0 Å². The minimum Gasteiger partial charge on any atom is -0.493 e. The summed E-state index contributed by atoms with van der Waals surface area (Å²) in [5.74, 6) is 1.53. The molecule has 0 saturated carbocycles. The number of ether oxygens (including phenoxy) is 2. The quantitative estimate of drug-likeness (QED) is 0.847. The van der Waals surface area contributed by atoms with Crippen LogP contribution >= 0.6 is 11.3 Å². The molecule has 1 aromatic heterocycles. The molecule has 1 atom stereocenters. The van der Waals surface area contributed by atoms with Gasteiger partial charge in [0.05, 0.1) is 19.2 Å². The largest absolute Gasteiger partial charge is 0.493 e. The van der Waals surface area contributed by atoms with Crippen LogP contribution in [0.5, 0.6) is 11.5 Å². The van der Waals surface area contributed by atoms with Crippen LogP contribution in [0.25, 0.3) is 0 Å². The minimum atomic E-state index is 0.284. The maximum absolute atomic E-state index is 5.38. The molecule has 4 nitrogen and oxygen atoms in total. The second-order valence-electron chi connectivity index (χ2n) is 4.80. The summed E-state index contributed by atoms with van der Waals surface area (Å²) in [5.41, 5.74) is 1.20. The molecule has 0 aliphatic carbocycles. The van der Waals surface area contributed by atoms with Crippen molar-refractivity contribution in [2.75, 3.05) is 14.2 Å². The highest BCUT2D eigenvalue weighted by molar-refractivity contribution is 7.11. The molecule has 0 saturated heterocycles. The fourth-order valence-corrected chi connectivity index (χ4v) is 3.02. The van der Waals surface area contributed by atoms with Gasteiger partial charge in [-0.05, 0) is 31.0 Å². The van der Waals surface area contributed by atoms with Crippen molar-refractivity contribution in [3.63, 3.8) is 0 Å². The number of aryl methyl sites for hydroxylation is 1. The highest BCUT2D eigenvalue weighted by Crippen LogP contribution is 2.31. The fourth-order valence-electron chi connectivity index (χ4n) is 2.28. The Balaban J connectivity index is 2.09. The summed E-state index contributed by atoms with van der Waals surface area (Å²) in [6.07, 6.45) is 2.95. The third kappa shape index (κ3) is 3.95. The molecule has 1 N–H and O–H groups in total. The highest BCUT2D eigenvalue weighted by Gasteiger charge is 2.13. The third-order valence-electron chi connectivity index (χ3n) is 3.41. The van der Waals surface area contributed by atoms with Gasteiger partial charge in [-0.2, -0.15) is 0 Å². The van der Waals surface area contributed by atoms with E-state index in [0.717, 1.165) is 29.5 Å². The van der Waals surface area contributed by atoms with E-state index in [1.807, 2.05) is 25.3 Å². The molecular weight excluding hydrogens is 284 g/mol. The van der Waals surface area contributed by atoms with Crippen molar-refractivity contribution in [2.45, 2.75) is 32.9 Å². The zero-order chi connectivity index (χ0) is 15.2. The smallest absolute Gasteiger partial charge is 0.161 e. The van der Waals surface area contributed by atoms with E-state index in [-0.39, 0.29) is 6.04 Å². The zero-order valence-electron chi connectivity index (χ0n) is 13.0. The molecule has 5 heteroatoms. The van der Waals surface area contributed by atoms with Crippen molar-refractivity contribution < 1.29 is 9.47 Å². The Bertz CT molecular complexity index is 583. The monoisotopic (exact) mass is 306 g/mol. The molecular formula is C16H22N2O2S. The maximum Gasteiger partial charge on any atom is 0.161 e. The third-order valence-corrected chi connectivity index (χ3v) is 4.32. The van der Waals surface area contributed by atoms with E-state index in [0.29, 0.717) is 0 Å². The van der Waals surface area contributed by atoms with E-state index in [1.165, 1.54) is 10.4 Å². The van der Waals surface area contributed by atoms with Gasteiger partial charge >= 0.3 is 0 Å². The summed E-state index contributed by atoms with van der Waals surface area (Å²) in [5, 5.41) is 4.68. The van der Waals surface area contributed by atoms with Crippen LogP contribution in [0.2, 0.25) is 0 Å².